The van der Waals surface area contributed by atoms with Gasteiger partial charge in [-0.15, -0.1) is 11.6 Å². The Bertz CT molecular complexity index is 2640. The average Bonchev–Trinajstić information content (AvgIpc) is 3.47. The van der Waals surface area contributed by atoms with Crippen LogP contribution in [0.25, 0.3) is 0 Å². The number of benzene rings is 6. The van der Waals surface area contributed by atoms with Gasteiger partial charge in [0.2, 0.25) is 0 Å². The fourth-order valence-electron chi connectivity index (χ4n) is 8.58. The molecule has 1 amide bonds. The van der Waals surface area contributed by atoms with E-state index < -0.39 is 85.3 Å². The summed E-state index contributed by atoms with van der Waals surface area (Å²) < 4.78 is 76.9. The molecular formula is C58H60ClNO15. The molecular weight excluding hydrogens is 986 g/mol. The second-order valence-corrected chi connectivity index (χ2v) is 17.7. The number of alkyl carbamates (subject to hydrolysis) is 1. The molecule has 394 valence electrons. The van der Waals surface area contributed by atoms with Gasteiger partial charge in [-0.05, 0) is 58.7 Å². The van der Waals surface area contributed by atoms with Gasteiger partial charge in [-0.2, -0.15) is 0 Å². The summed E-state index contributed by atoms with van der Waals surface area (Å²) in [6.45, 7) is -0.466. The highest BCUT2D eigenvalue weighted by molar-refractivity contribution is 6.26. The molecule has 0 radical (unpaired) electrons. The third-order valence-corrected chi connectivity index (χ3v) is 12.6. The summed E-state index contributed by atoms with van der Waals surface area (Å²) in [6, 6.07) is 51.8. The van der Waals surface area contributed by atoms with Gasteiger partial charge in [-0.1, -0.05) is 140 Å². The van der Waals surface area contributed by atoms with Gasteiger partial charge >= 0.3 is 18.0 Å². The van der Waals surface area contributed by atoms with Crippen LogP contribution >= 0.6 is 11.6 Å². The summed E-state index contributed by atoms with van der Waals surface area (Å²) in [5, 5.41) is 2.94. The first-order valence-electron chi connectivity index (χ1n) is 24.5. The summed E-state index contributed by atoms with van der Waals surface area (Å²) in [4.78, 5) is 41.2. The molecule has 10 atom stereocenters. The van der Waals surface area contributed by atoms with Crippen LogP contribution in [0.3, 0.4) is 0 Å². The van der Waals surface area contributed by atoms with Crippen LogP contribution in [0.1, 0.15) is 32.6 Å². The zero-order valence-electron chi connectivity index (χ0n) is 41.5. The highest BCUT2D eigenvalue weighted by atomic mass is 35.5. The highest BCUT2D eigenvalue weighted by Gasteiger charge is 2.55. The Morgan fingerprint density at radius 1 is 0.507 bits per heavy atom. The first kappa shape index (κ1) is 54.4. The number of amides is 1. The first-order chi connectivity index (χ1) is 36.8. The molecule has 75 heavy (non-hydrogen) atoms. The normalized spacial score (nSPS) is 23.3. The van der Waals surface area contributed by atoms with Gasteiger partial charge in [0.15, 0.2) is 18.7 Å². The molecule has 0 aliphatic carbocycles. The Kier molecular flexibility index (Phi) is 20.4. The molecule has 2 heterocycles. The van der Waals surface area contributed by atoms with Crippen molar-refractivity contribution in [2.45, 2.75) is 87.8 Å². The maximum absolute atomic E-state index is 14.4. The Hall–Kier alpha value is -6.86. The first-order valence-corrected chi connectivity index (χ1v) is 25.0. The molecule has 2 fully saturated rings. The lowest BCUT2D eigenvalue weighted by Crippen LogP contribution is -2.69. The summed E-state index contributed by atoms with van der Waals surface area (Å²) in [7, 11) is 3.00. The van der Waals surface area contributed by atoms with Crippen molar-refractivity contribution in [3.05, 3.63) is 204 Å². The highest BCUT2D eigenvalue weighted by Crippen LogP contribution is 2.36. The number of alkyl halides is 1. The zero-order chi connectivity index (χ0) is 52.2. The zero-order valence-corrected chi connectivity index (χ0v) is 42.2. The van der Waals surface area contributed by atoms with Crippen molar-refractivity contribution in [3.8, 4) is 11.5 Å². The third-order valence-electron chi connectivity index (χ3n) is 12.4. The number of methoxy groups -OCH3 is 2. The van der Waals surface area contributed by atoms with Crippen LogP contribution in [0.15, 0.2) is 176 Å². The molecule has 1 N–H and O–H groups in total. The molecule has 6 aromatic rings. The topological polar surface area (TPSA) is 174 Å². The van der Waals surface area contributed by atoms with Gasteiger partial charge in [-0.3, -0.25) is 4.79 Å². The van der Waals surface area contributed by atoms with E-state index in [0.717, 1.165) is 22.3 Å². The van der Waals surface area contributed by atoms with E-state index >= 15 is 0 Å². The third kappa shape index (κ3) is 15.6. The molecule has 8 rings (SSSR count). The van der Waals surface area contributed by atoms with Gasteiger partial charge in [0.25, 0.3) is 0 Å². The van der Waals surface area contributed by atoms with E-state index in [4.69, 9.17) is 68.4 Å². The molecule has 2 saturated heterocycles. The van der Waals surface area contributed by atoms with Crippen molar-refractivity contribution in [2.24, 2.45) is 0 Å². The standard InChI is InChI=1S/C58H60ClNO15/c1-64-44-28-30-45(31-29-44)66-37-47-51(52(69-34-40-20-10-4-11-21-40)49(56(65-2)72-47)60-58(63)71-36-42-24-14-6-15-25-42)75-57-54(74-55(62)43-26-16-7-17-27-43)53(70-35-41-22-12-5-13-23-41)50(46(73-57)38-67-48(61)32-59)68-33-39-18-8-3-9-19-39/h3-31,46-47,49-54,56-57H,32-38H2,1-2H3,(H,60,63)/t46-,47+,49+,50+,51+,52+,53-,54+,56-,57-/m0/s1. The van der Waals surface area contributed by atoms with Gasteiger partial charge in [-0.25, -0.2) is 9.59 Å². The van der Waals surface area contributed by atoms with Crippen LogP contribution in [-0.4, -0.2) is 113 Å². The number of hydrogen-bond donors (Lipinski definition) is 1. The number of carbonyl (C=O) groups excluding carboxylic acids is 3. The molecule has 2 aliphatic heterocycles. The fraction of sp³-hybridized carbons (Fsp3) is 0.328. The van der Waals surface area contributed by atoms with E-state index in [0.29, 0.717) is 11.5 Å². The van der Waals surface area contributed by atoms with E-state index in [1.165, 1.54) is 7.11 Å². The maximum atomic E-state index is 14.4. The lowest BCUT2D eigenvalue weighted by Gasteiger charge is -2.49. The molecule has 6 aromatic carbocycles. The smallest absolute Gasteiger partial charge is 0.407 e. The minimum Gasteiger partial charge on any atom is -0.497 e. The van der Waals surface area contributed by atoms with E-state index in [2.05, 4.69) is 5.32 Å². The summed E-state index contributed by atoms with van der Waals surface area (Å²) in [5.74, 6) is -0.798. The van der Waals surface area contributed by atoms with Crippen molar-refractivity contribution < 1.29 is 71.2 Å². The SMILES string of the molecule is COc1ccc(OC[C@H]2O[C@H](OC)[C@H](NC(=O)OCc3ccccc3)[C@@H](OCc3ccccc3)[C@@H]2O[C@@H]2O[C@@H](COC(=O)CCl)[C@@H](OCc3ccccc3)[C@H](OCc3ccccc3)[C@H]2OC(=O)c2ccccc2)cc1. The molecule has 17 heteroatoms. The second-order valence-electron chi connectivity index (χ2n) is 17.5. The number of rotatable bonds is 24. The number of nitrogens with one attached hydrogen (secondary N) is 1. The number of carbonyl (C=O) groups is 3. The Morgan fingerprint density at radius 3 is 1.52 bits per heavy atom. The largest absolute Gasteiger partial charge is 0.497 e. The predicted molar refractivity (Wildman–Crippen MR) is 274 cm³/mol. The van der Waals surface area contributed by atoms with Crippen LogP contribution in [0.2, 0.25) is 0 Å². The molecule has 0 unspecified atom stereocenters. The second kappa shape index (κ2) is 28.2. The number of hydrogen-bond acceptors (Lipinski definition) is 15. The van der Waals surface area contributed by atoms with Gasteiger partial charge in [0.05, 0.1) is 32.5 Å². The summed E-state index contributed by atoms with van der Waals surface area (Å²) in [5.41, 5.74) is 3.40. The van der Waals surface area contributed by atoms with Crippen molar-refractivity contribution in [1.82, 2.24) is 5.32 Å². The van der Waals surface area contributed by atoms with E-state index in [-0.39, 0.29) is 45.2 Å². The summed E-state index contributed by atoms with van der Waals surface area (Å²) in [6.07, 6.45) is -11.8. The molecule has 0 aromatic heterocycles. The van der Waals surface area contributed by atoms with Gasteiger partial charge in [0, 0.05) is 7.11 Å². The maximum Gasteiger partial charge on any atom is 0.407 e. The fourth-order valence-corrected chi connectivity index (χ4v) is 8.66. The van der Waals surface area contributed by atoms with Crippen molar-refractivity contribution in [1.29, 1.82) is 0 Å². The molecule has 16 nitrogen and oxygen atoms in total. The Balaban J connectivity index is 1.22. The lowest BCUT2D eigenvalue weighted by atomic mass is 9.94. The van der Waals surface area contributed by atoms with E-state index in [1.807, 2.05) is 121 Å². The predicted octanol–water partition coefficient (Wildman–Crippen LogP) is 8.61. The van der Waals surface area contributed by atoms with Crippen molar-refractivity contribution in [2.75, 3.05) is 33.3 Å². The lowest BCUT2D eigenvalue weighted by molar-refractivity contribution is -0.356. The number of esters is 2. The quantitative estimate of drug-likeness (QED) is 0.0347. The van der Waals surface area contributed by atoms with Crippen LogP contribution in [0.5, 0.6) is 11.5 Å². The van der Waals surface area contributed by atoms with Crippen LogP contribution in [-0.2, 0) is 78.6 Å². The monoisotopic (exact) mass is 1050 g/mol. The number of ether oxygens (including phenoxy) is 12. The summed E-state index contributed by atoms with van der Waals surface area (Å²) >= 11 is 5.96. The minimum atomic E-state index is -1.56. The number of halogens is 1. The van der Waals surface area contributed by atoms with Crippen LogP contribution < -0.4 is 14.8 Å². The average molecular weight is 1050 g/mol. The Labute approximate surface area is 440 Å². The molecule has 0 saturated carbocycles. The Morgan fingerprint density at radius 2 is 0.987 bits per heavy atom. The van der Waals surface area contributed by atoms with Crippen LogP contribution in [0.4, 0.5) is 4.79 Å². The molecule has 2 aliphatic rings. The van der Waals surface area contributed by atoms with Gasteiger partial charge in [0.1, 0.15) is 79.9 Å². The van der Waals surface area contributed by atoms with Crippen LogP contribution in [0, 0.1) is 0 Å². The molecule has 0 bridgehead atoms. The van der Waals surface area contributed by atoms with Crippen molar-refractivity contribution in [3.63, 3.8) is 0 Å². The van der Waals surface area contributed by atoms with Gasteiger partial charge < -0.3 is 62.2 Å². The van der Waals surface area contributed by atoms with E-state index in [9.17, 15) is 14.4 Å². The molecule has 0 spiro atoms. The van der Waals surface area contributed by atoms with E-state index in [1.54, 1.807) is 61.7 Å². The van der Waals surface area contributed by atoms with Crippen molar-refractivity contribution >= 4 is 29.6 Å². The minimum absolute atomic E-state index is 0.0251.